The number of nitrogens with one attached hydrogen (secondary N) is 1. The average Bonchev–Trinajstić information content (AvgIpc) is 2.34. The lowest BCUT2D eigenvalue weighted by Crippen LogP contribution is -1.97. The molecule has 0 amide bonds. The Morgan fingerprint density at radius 1 is 1.16 bits per heavy atom. The standard InChI is InChI=1S/C13H8BrCl2N3/c14-8-2-1-7(6-17)12(3-8)19-13-10(15)4-9(18)5-11(13)16/h1-5,19H,18H2. The van der Waals surface area contributed by atoms with Crippen molar-refractivity contribution in [3.63, 3.8) is 0 Å². The van der Waals surface area contributed by atoms with E-state index in [0.29, 0.717) is 32.7 Å². The molecule has 0 aliphatic rings. The maximum Gasteiger partial charge on any atom is 0.101 e. The van der Waals surface area contributed by atoms with Gasteiger partial charge in [-0.1, -0.05) is 39.1 Å². The van der Waals surface area contributed by atoms with Crippen molar-refractivity contribution >= 4 is 56.2 Å². The second-order valence-corrected chi connectivity index (χ2v) is 5.52. The Labute approximate surface area is 129 Å². The summed E-state index contributed by atoms with van der Waals surface area (Å²) in [5.74, 6) is 0. The third-order valence-electron chi connectivity index (χ3n) is 2.43. The second-order valence-electron chi connectivity index (χ2n) is 3.79. The predicted octanol–water partition coefficient (Wildman–Crippen LogP) is 4.95. The lowest BCUT2D eigenvalue weighted by atomic mass is 10.2. The lowest BCUT2D eigenvalue weighted by molar-refractivity contribution is 1.45. The highest BCUT2D eigenvalue weighted by atomic mass is 79.9. The highest BCUT2D eigenvalue weighted by molar-refractivity contribution is 9.10. The molecule has 19 heavy (non-hydrogen) atoms. The molecular weight excluding hydrogens is 349 g/mol. The Hall–Kier alpha value is -1.41. The van der Waals surface area contributed by atoms with Crippen LogP contribution in [0.5, 0.6) is 0 Å². The Morgan fingerprint density at radius 2 is 1.79 bits per heavy atom. The molecule has 0 unspecified atom stereocenters. The van der Waals surface area contributed by atoms with Crippen LogP contribution in [0.2, 0.25) is 10.0 Å². The summed E-state index contributed by atoms with van der Waals surface area (Å²) in [6.45, 7) is 0. The Morgan fingerprint density at radius 3 is 2.37 bits per heavy atom. The van der Waals surface area contributed by atoms with Crippen LogP contribution in [-0.4, -0.2) is 0 Å². The highest BCUT2D eigenvalue weighted by Gasteiger charge is 2.10. The number of rotatable bonds is 2. The van der Waals surface area contributed by atoms with E-state index < -0.39 is 0 Å². The van der Waals surface area contributed by atoms with Gasteiger partial charge in [-0.25, -0.2) is 0 Å². The highest BCUT2D eigenvalue weighted by Crippen LogP contribution is 2.36. The smallest absolute Gasteiger partial charge is 0.101 e. The molecule has 0 saturated heterocycles. The summed E-state index contributed by atoms with van der Waals surface area (Å²) in [6.07, 6.45) is 0. The van der Waals surface area contributed by atoms with E-state index in [2.05, 4.69) is 27.3 Å². The van der Waals surface area contributed by atoms with Crippen LogP contribution >= 0.6 is 39.1 Å². The first-order valence-corrected chi connectivity index (χ1v) is 6.77. The molecule has 2 aromatic rings. The minimum atomic E-state index is 0.397. The molecule has 0 aromatic heterocycles. The van der Waals surface area contributed by atoms with E-state index in [0.717, 1.165) is 4.47 Å². The van der Waals surface area contributed by atoms with Gasteiger partial charge < -0.3 is 11.1 Å². The Kier molecular flexibility index (Phi) is 4.20. The molecule has 2 rings (SSSR count). The van der Waals surface area contributed by atoms with Gasteiger partial charge in [0.25, 0.3) is 0 Å². The largest absolute Gasteiger partial charge is 0.399 e. The van der Waals surface area contributed by atoms with Crippen LogP contribution in [0, 0.1) is 11.3 Å². The molecule has 0 fully saturated rings. The van der Waals surface area contributed by atoms with Gasteiger partial charge in [-0.3, -0.25) is 0 Å². The first kappa shape index (κ1) is 14.0. The maximum atomic E-state index is 9.08. The van der Waals surface area contributed by atoms with E-state index >= 15 is 0 Å². The van der Waals surface area contributed by atoms with Gasteiger partial charge in [-0.15, -0.1) is 0 Å². The van der Waals surface area contributed by atoms with Crippen LogP contribution in [0.3, 0.4) is 0 Å². The first-order valence-electron chi connectivity index (χ1n) is 5.22. The van der Waals surface area contributed by atoms with Crippen molar-refractivity contribution in [2.45, 2.75) is 0 Å². The number of nitrogen functional groups attached to an aromatic ring is 1. The van der Waals surface area contributed by atoms with Crippen LogP contribution in [0.4, 0.5) is 17.1 Å². The minimum Gasteiger partial charge on any atom is -0.399 e. The zero-order chi connectivity index (χ0) is 14.0. The van der Waals surface area contributed by atoms with Crippen molar-refractivity contribution in [1.82, 2.24) is 0 Å². The van der Waals surface area contributed by atoms with Crippen LogP contribution in [0.25, 0.3) is 0 Å². The molecule has 3 N–H and O–H groups in total. The molecule has 0 saturated carbocycles. The van der Waals surface area contributed by atoms with E-state index in [1.165, 1.54) is 0 Å². The van der Waals surface area contributed by atoms with Gasteiger partial charge in [-0.05, 0) is 30.3 Å². The van der Waals surface area contributed by atoms with E-state index in [1.54, 1.807) is 30.3 Å². The van der Waals surface area contributed by atoms with Crippen LogP contribution in [-0.2, 0) is 0 Å². The van der Waals surface area contributed by atoms with E-state index in [1.807, 2.05) is 0 Å². The van der Waals surface area contributed by atoms with Gasteiger partial charge in [0.1, 0.15) is 6.07 Å². The molecule has 2 aromatic carbocycles. The predicted molar refractivity (Wildman–Crippen MR) is 83.0 cm³/mol. The first-order chi connectivity index (χ1) is 9.01. The summed E-state index contributed by atoms with van der Waals surface area (Å²) >= 11 is 15.5. The normalized spacial score (nSPS) is 10.0. The van der Waals surface area contributed by atoms with Crippen molar-refractivity contribution in [1.29, 1.82) is 5.26 Å². The molecule has 0 aliphatic carbocycles. The third kappa shape index (κ3) is 3.13. The number of anilines is 3. The van der Waals surface area contributed by atoms with Crippen molar-refractivity contribution in [2.75, 3.05) is 11.1 Å². The van der Waals surface area contributed by atoms with Crippen molar-refractivity contribution in [3.8, 4) is 6.07 Å². The molecule has 96 valence electrons. The summed E-state index contributed by atoms with van der Waals surface area (Å²) < 4.78 is 0.844. The van der Waals surface area contributed by atoms with E-state index in [4.69, 9.17) is 34.2 Å². The molecule has 0 atom stereocenters. The summed E-state index contributed by atoms with van der Waals surface area (Å²) in [7, 11) is 0. The number of halogens is 3. The van der Waals surface area contributed by atoms with Crippen LogP contribution < -0.4 is 11.1 Å². The molecular formula is C13H8BrCl2N3. The molecule has 0 spiro atoms. The monoisotopic (exact) mass is 355 g/mol. The number of nitrogens with zero attached hydrogens (tertiary/aromatic N) is 1. The summed E-state index contributed by atoms with van der Waals surface area (Å²) in [5.41, 5.74) is 7.76. The number of hydrogen-bond donors (Lipinski definition) is 2. The Balaban J connectivity index is 2.48. The molecule has 6 heteroatoms. The van der Waals surface area contributed by atoms with Gasteiger partial charge in [0.05, 0.1) is 27.0 Å². The van der Waals surface area contributed by atoms with E-state index in [9.17, 15) is 0 Å². The molecule has 0 bridgehead atoms. The van der Waals surface area contributed by atoms with E-state index in [-0.39, 0.29) is 0 Å². The average molecular weight is 357 g/mol. The van der Waals surface area contributed by atoms with Crippen molar-refractivity contribution in [2.24, 2.45) is 0 Å². The van der Waals surface area contributed by atoms with Crippen LogP contribution in [0.1, 0.15) is 5.56 Å². The molecule has 0 aliphatic heterocycles. The quantitative estimate of drug-likeness (QED) is 0.748. The fourth-order valence-corrected chi connectivity index (χ4v) is 2.52. The van der Waals surface area contributed by atoms with Crippen molar-refractivity contribution < 1.29 is 0 Å². The number of nitrogens with two attached hydrogens (primary N) is 1. The lowest BCUT2D eigenvalue weighted by Gasteiger charge is -2.12. The van der Waals surface area contributed by atoms with Gasteiger partial charge in [0, 0.05) is 10.2 Å². The van der Waals surface area contributed by atoms with Crippen LogP contribution in [0.15, 0.2) is 34.8 Å². The maximum absolute atomic E-state index is 9.08. The van der Waals surface area contributed by atoms with Gasteiger partial charge >= 0.3 is 0 Å². The van der Waals surface area contributed by atoms with Gasteiger partial charge in [0.15, 0.2) is 0 Å². The molecule has 3 nitrogen and oxygen atoms in total. The van der Waals surface area contributed by atoms with Crippen molar-refractivity contribution in [3.05, 3.63) is 50.4 Å². The fraction of sp³-hybridized carbons (Fsp3) is 0. The number of benzene rings is 2. The molecule has 0 radical (unpaired) electrons. The SMILES string of the molecule is N#Cc1ccc(Br)cc1Nc1c(Cl)cc(N)cc1Cl. The summed E-state index contributed by atoms with van der Waals surface area (Å²) in [5, 5.41) is 12.9. The summed E-state index contributed by atoms with van der Waals surface area (Å²) in [6, 6.07) is 10.6. The van der Waals surface area contributed by atoms with Gasteiger partial charge in [-0.2, -0.15) is 5.26 Å². The molecule has 0 heterocycles. The third-order valence-corrected chi connectivity index (χ3v) is 3.52. The zero-order valence-corrected chi connectivity index (χ0v) is 12.6. The summed E-state index contributed by atoms with van der Waals surface area (Å²) in [4.78, 5) is 0. The topological polar surface area (TPSA) is 61.8 Å². The fourth-order valence-electron chi connectivity index (χ4n) is 1.56. The number of nitriles is 1. The van der Waals surface area contributed by atoms with Gasteiger partial charge in [0.2, 0.25) is 0 Å². The number of hydrogen-bond acceptors (Lipinski definition) is 3. The Bertz CT molecular complexity index is 657. The minimum absolute atomic E-state index is 0.397. The zero-order valence-electron chi connectivity index (χ0n) is 9.55. The second kappa shape index (κ2) is 5.70.